The molecule has 1 aliphatic heterocycles. The first-order chi connectivity index (χ1) is 12.1. The molecule has 3 rings (SSSR count). The van der Waals surface area contributed by atoms with Crippen LogP contribution in [0.2, 0.25) is 0 Å². The predicted octanol–water partition coefficient (Wildman–Crippen LogP) is 3.57. The number of nitrogens with zero attached hydrogens (tertiary/aromatic N) is 3. The second-order valence-electron chi connectivity index (χ2n) is 6.54. The third-order valence-electron chi connectivity index (χ3n) is 4.81. The van der Waals surface area contributed by atoms with Crippen LogP contribution in [-0.4, -0.2) is 33.2 Å². The Labute approximate surface area is 146 Å². The molecule has 1 aliphatic rings. The average Bonchev–Trinajstić information content (AvgIpc) is 3.14. The van der Waals surface area contributed by atoms with E-state index in [9.17, 15) is 13.6 Å². The van der Waals surface area contributed by atoms with Gasteiger partial charge in [-0.25, -0.2) is 8.78 Å². The lowest BCUT2D eigenvalue weighted by molar-refractivity contribution is -0.135. The smallest absolute Gasteiger partial charge is 0.223 e. The molecule has 1 unspecified atom stereocenters. The molecule has 2 aromatic rings. The van der Waals surface area contributed by atoms with Crippen LogP contribution in [-0.2, 0) is 17.8 Å². The molecule has 0 N–H and O–H groups in total. The number of amides is 1. The van der Waals surface area contributed by atoms with Gasteiger partial charge in [-0.05, 0) is 55.9 Å². The zero-order chi connectivity index (χ0) is 17.6. The lowest BCUT2D eigenvalue weighted by Crippen LogP contribution is -2.44. The molecule has 2 heterocycles. The molecule has 0 bridgehead atoms. The van der Waals surface area contributed by atoms with Crippen LogP contribution in [0.3, 0.4) is 0 Å². The first kappa shape index (κ1) is 17.6. The van der Waals surface area contributed by atoms with E-state index in [-0.39, 0.29) is 11.9 Å². The third kappa shape index (κ3) is 4.65. The second-order valence-corrected chi connectivity index (χ2v) is 6.54. The summed E-state index contributed by atoms with van der Waals surface area (Å²) in [4.78, 5) is 14.6. The Morgan fingerprint density at radius 1 is 1.24 bits per heavy atom. The maximum absolute atomic E-state index is 13.3. The van der Waals surface area contributed by atoms with Crippen LogP contribution < -0.4 is 0 Å². The van der Waals surface area contributed by atoms with E-state index in [0.717, 1.165) is 44.8 Å². The van der Waals surface area contributed by atoms with Gasteiger partial charge in [0.05, 0.1) is 0 Å². The van der Waals surface area contributed by atoms with Crippen molar-refractivity contribution in [1.82, 2.24) is 14.7 Å². The molecule has 6 heteroatoms. The number of halogens is 2. The summed E-state index contributed by atoms with van der Waals surface area (Å²) in [6.45, 7) is 1.57. The zero-order valence-electron chi connectivity index (χ0n) is 14.2. The Kier molecular flexibility index (Phi) is 5.79. The summed E-state index contributed by atoms with van der Waals surface area (Å²) in [5.74, 6) is -1.63. The van der Waals surface area contributed by atoms with E-state index in [1.54, 1.807) is 6.20 Å². The first-order valence-corrected chi connectivity index (χ1v) is 8.84. The van der Waals surface area contributed by atoms with E-state index < -0.39 is 11.6 Å². The minimum Gasteiger partial charge on any atom is -0.340 e. The summed E-state index contributed by atoms with van der Waals surface area (Å²) in [5, 5.41) is 4.21. The van der Waals surface area contributed by atoms with Crippen LogP contribution in [0.1, 0.15) is 37.7 Å². The van der Waals surface area contributed by atoms with Gasteiger partial charge in [-0.15, -0.1) is 0 Å². The highest BCUT2D eigenvalue weighted by Crippen LogP contribution is 2.22. The van der Waals surface area contributed by atoms with Crippen LogP contribution in [0.15, 0.2) is 36.7 Å². The number of benzene rings is 1. The highest BCUT2D eigenvalue weighted by Gasteiger charge is 2.26. The van der Waals surface area contributed by atoms with Crippen LogP contribution >= 0.6 is 0 Å². The van der Waals surface area contributed by atoms with E-state index >= 15 is 0 Å². The van der Waals surface area contributed by atoms with Gasteiger partial charge >= 0.3 is 0 Å². The van der Waals surface area contributed by atoms with Crippen molar-refractivity contribution in [3.8, 4) is 0 Å². The van der Waals surface area contributed by atoms with Gasteiger partial charge in [0.2, 0.25) is 5.91 Å². The molecule has 1 aromatic heterocycles. The number of carbonyl (C=O) groups is 1. The summed E-state index contributed by atoms with van der Waals surface area (Å²) < 4.78 is 28.1. The lowest BCUT2D eigenvalue weighted by atomic mass is 9.98. The van der Waals surface area contributed by atoms with Gasteiger partial charge in [-0.1, -0.05) is 6.07 Å². The van der Waals surface area contributed by atoms with Crippen molar-refractivity contribution in [1.29, 1.82) is 0 Å². The van der Waals surface area contributed by atoms with Crippen molar-refractivity contribution in [2.45, 2.75) is 51.1 Å². The Morgan fingerprint density at radius 2 is 2.12 bits per heavy atom. The zero-order valence-corrected chi connectivity index (χ0v) is 14.2. The summed E-state index contributed by atoms with van der Waals surface area (Å²) in [7, 11) is 0. The minimum absolute atomic E-state index is 0.0925. The van der Waals surface area contributed by atoms with Gasteiger partial charge in [0.1, 0.15) is 0 Å². The maximum Gasteiger partial charge on any atom is 0.223 e. The second kappa shape index (κ2) is 8.23. The fourth-order valence-corrected chi connectivity index (χ4v) is 3.43. The molecule has 1 saturated heterocycles. The van der Waals surface area contributed by atoms with Crippen molar-refractivity contribution < 1.29 is 13.6 Å². The molecule has 1 fully saturated rings. The van der Waals surface area contributed by atoms with E-state index in [4.69, 9.17) is 0 Å². The van der Waals surface area contributed by atoms with Gasteiger partial charge in [0.15, 0.2) is 11.6 Å². The Bertz CT molecular complexity index is 703. The third-order valence-corrected chi connectivity index (χ3v) is 4.81. The van der Waals surface area contributed by atoms with Crippen LogP contribution in [0.4, 0.5) is 8.78 Å². The van der Waals surface area contributed by atoms with E-state index in [1.807, 2.05) is 21.8 Å². The molecule has 0 saturated carbocycles. The van der Waals surface area contributed by atoms with Crippen molar-refractivity contribution in [2.75, 3.05) is 6.54 Å². The normalized spacial score (nSPS) is 17.7. The van der Waals surface area contributed by atoms with Crippen LogP contribution in [0.25, 0.3) is 0 Å². The SMILES string of the molecule is O=C(CCc1ccc(F)c(F)c1)N1CCCCC1CCn1cccn1. The van der Waals surface area contributed by atoms with Crippen LogP contribution in [0.5, 0.6) is 0 Å². The number of hydrogen-bond donors (Lipinski definition) is 0. The molecule has 1 aromatic carbocycles. The molecule has 1 atom stereocenters. The van der Waals surface area contributed by atoms with Gasteiger partial charge < -0.3 is 4.90 Å². The van der Waals surface area contributed by atoms with Crippen molar-refractivity contribution >= 4 is 5.91 Å². The summed E-state index contributed by atoms with van der Waals surface area (Å²) in [6.07, 6.45) is 8.49. The Morgan fingerprint density at radius 3 is 2.88 bits per heavy atom. The predicted molar refractivity (Wildman–Crippen MR) is 90.9 cm³/mol. The highest BCUT2D eigenvalue weighted by molar-refractivity contribution is 5.77. The molecule has 0 spiro atoms. The summed E-state index contributed by atoms with van der Waals surface area (Å²) in [5.41, 5.74) is 0.650. The van der Waals surface area contributed by atoms with Crippen LogP contribution in [0, 0.1) is 11.6 Å². The average molecular weight is 347 g/mol. The fourth-order valence-electron chi connectivity index (χ4n) is 3.43. The Balaban J connectivity index is 1.55. The highest BCUT2D eigenvalue weighted by atomic mass is 19.2. The monoisotopic (exact) mass is 347 g/mol. The number of aryl methyl sites for hydroxylation is 2. The molecule has 0 radical (unpaired) electrons. The van der Waals surface area contributed by atoms with Crippen molar-refractivity contribution in [3.63, 3.8) is 0 Å². The van der Waals surface area contributed by atoms with E-state index in [1.165, 1.54) is 12.1 Å². The standard InChI is InChI=1S/C19H23F2N3O/c20-17-7-5-15(14-18(17)21)6-8-19(25)24-12-2-1-4-16(24)9-13-23-11-3-10-22-23/h3,5,7,10-11,14,16H,1-2,4,6,8-9,12-13H2. The van der Waals surface area contributed by atoms with Crippen molar-refractivity contribution in [3.05, 3.63) is 53.9 Å². The minimum atomic E-state index is -0.861. The molecule has 25 heavy (non-hydrogen) atoms. The first-order valence-electron chi connectivity index (χ1n) is 8.84. The number of carbonyl (C=O) groups excluding carboxylic acids is 1. The molecule has 1 amide bonds. The van der Waals surface area contributed by atoms with Crippen molar-refractivity contribution in [2.24, 2.45) is 0 Å². The maximum atomic E-state index is 13.3. The topological polar surface area (TPSA) is 38.1 Å². The largest absolute Gasteiger partial charge is 0.340 e. The van der Waals surface area contributed by atoms with Gasteiger partial charge in [-0.2, -0.15) is 5.10 Å². The number of hydrogen-bond acceptors (Lipinski definition) is 2. The van der Waals surface area contributed by atoms with E-state index in [0.29, 0.717) is 18.4 Å². The fraction of sp³-hybridized carbons (Fsp3) is 0.474. The quantitative estimate of drug-likeness (QED) is 0.801. The number of rotatable bonds is 6. The number of piperidine rings is 1. The molecule has 134 valence electrons. The molecule has 0 aliphatic carbocycles. The lowest BCUT2D eigenvalue weighted by Gasteiger charge is -2.36. The summed E-state index contributed by atoms with van der Waals surface area (Å²) >= 11 is 0. The molecular formula is C19H23F2N3O. The van der Waals surface area contributed by atoms with Gasteiger partial charge in [0, 0.05) is 37.9 Å². The Hall–Kier alpha value is -2.24. The van der Waals surface area contributed by atoms with Gasteiger partial charge in [0.25, 0.3) is 0 Å². The van der Waals surface area contributed by atoms with Gasteiger partial charge in [-0.3, -0.25) is 9.48 Å². The molecule has 4 nitrogen and oxygen atoms in total. The molecular weight excluding hydrogens is 324 g/mol. The van der Waals surface area contributed by atoms with E-state index in [2.05, 4.69) is 5.10 Å². The number of aromatic nitrogens is 2. The summed E-state index contributed by atoms with van der Waals surface area (Å²) in [6, 6.07) is 5.95. The number of likely N-dealkylation sites (tertiary alicyclic amines) is 1.